The second-order valence-electron chi connectivity index (χ2n) is 11.9. The van der Waals surface area contributed by atoms with Gasteiger partial charge >= 0.3 is 0 Å². The Balaban J connectivity index is 4.38. The van der Waals surface area contributed by atoms with Gasteiger partial charge in [-0.2, -0.15) is 0 Å². The predicted octanol–water partition coefficient (Wildman–Crippen LogP) is 13.4. The van der Waals surface area contributed by atoms with Crippen molar-refractivity contribution in [1.82, 2.24) is 0 Å². The summed E-state index contributed by atoms with van der Waals surface area (Å²) in [4.78, 5) is 0. The summed E-state index contributed by atoms with van der Waals surface area (Å²) in [6.45, 7) is 9.43. The Morgan fingerprint density at radius 3 is 0.706 bits per heavy atom. The number of unbranched alkanes of at least 4 members (excludes halogenated alkanes) is 21. The first-order valence-electron chi connectivity index (χ1n) is 16.7. The van der Waals surface area contributed by atoms with E-state index in [1.54, 1.807) is 0 Å². The first kappa shape index (κ1) is 34.0. The van der Waals surface area contributed by atoms with E-state index in [2.05, 4.69) is 27.7 Å². The molecule has 34 heavy (non-hydrogen) atoms. The molecule has 206 valence electrons. The maximum absolute atomic E-state index is 2.45. The fraction of sp³-hybridized carbons (Fsp3) is 1.00. The summed E-state index contributed by atoms with van der Waals surface area (Å²) < 4.78 is 0. The molecule has 0 amide bonds. The summed E-state index contributed by atoms with van der Waals surface area (Å²) >= 11 is 0. The molecule has 0 saturated heterocycles. The third-order valence-corrected chi connectivity index (χ3v) is 8.46. The minimum atomic E-state index is 0.682. The van der Waals surface area contributed by atoms with E-state index in [0.717, 1.165) is 0 Å². The highest BCUT2D eigenvalue weighted by atomic mass is 14.3. The lowest BCUT2D eigenvalue weighted by atomic mass is 9.71. The summed E-state index contributed by atoms with van der Waals surface area (Å²) in [5.74, 6) is 0. The topological polar surface area (TPSA) is 0 Å². The van der Waals surface area contributed by atoms with Crippen LogP contribution < -0.4 is 0 Å². The molecule has 0 bridgehead atoms. The SMILES string of the molecule is CCCCCCCCCCC(CCC)(CCCCCCCCCC)CCCCCCCCCC. The second-order valence-corrected chi connectivity index (χ2v) is 11.9. The quantitative estimate of drug-likeness (QED) is 0.0937. The summed E-state index contributed by atoms with van der Waals surface area (Å²) in [5, 5.41) is 0. The smallest absolute Gasteiger partial charge is 0.0298 e. The van der Waals surface area contributed by atoms with E-state index in [9.17, 15) is 0 Å². The van der Waals surface area contributed by atoms with Gasteiger partial charge in [-0.05, 0) is 31.1 Å². The molecule has 0 aromatic rings. The molecule has 0 atom stereocenters. The van der Waals surface area contributed by atoms with Crippen LogP contribution in [-0.2, 0) is 0 Å². The van der Waals surface area contributed by atoms with Crippen molar-refractivity contribution in [2.24, 2.45) is 5.41 Å². The van der Waals surface area contributed by atoms with Gasteiger partial charge in [-0.3, -0.25) is 0 Å². The molecule has 0 saturated carbocycles. The van der Waals surface area contributed by atoms with E-state index in [1.165, 1.54) is 186 Å². The Morgan fingerprint density at radius 2 is 0.471 bits per heavy atom. The molecule has 0 aromatic heterocycles. The maximum Gasteiger partial charge on any atom is -0.0298 e. The summed E-state index contributed by atoms with van der Waals surface area (Å²) in [6, 6.07) is 0. The third-order valence-electron chi connectivity index (χ3n) is 8.46. The van der Waals surface area contributed by atoms with Crippen molar-refractivity contribution < 1.29 is 0 Å². The molecule has 0 radical (unpaired) electrons. The minimum absolute atomic E-state index is 0.682. The Labute approximate surface area is 219 Å². The zero-order chi connectivity index (χ0) is 25.0. The standard InChI is InChI=1S/C34H70/c1-5-9-12-15-18-21-24-27-31-34(30-8-4,32-28-25-22-19-16-13-10-6-2)33-29-26-23-20-17-14-11-7-3/h5-33H2,1-4H3. The van der Waals surface area contributed by atoms with Gasteiger partial charge in [0, 0.05) is 0 Å². The molecule has 0 aliphatic heterocycles. The molecule has 0 aliphatic rings. The van der Waals surface area contributed by atoms with Crippen molar-refractivity contribution in [1.29, 1.82) is 0 Å². The highest BCUT2D eigenvalue weighted by Crippen LogP contribution is 2.41. The zero-order valence-electron chi connectivity index (χ0n) is 25.0. The van der Waals surface area contributed by atoms with Crippen LogP contribution in [0.25, 0.3) is 0 Å². The molecule has 0 rings (SSSR count). The lowest BCUT2D eigenvalue weighted by Crippen LogP contribution is -2.21. The number of hydrogen-bond donors (Lipinski definition) is 0. The van der Waals surface area contributed by atoms with Gasteiger partial charge in [-0.15, -0.1) is 0 Å². The highest BCUT2D eigenvalue weighted by molar-refractivity contribution is 4.79. The van der Waals surface area contributed by atoms with Crippen LogP contribution in [0.5, 0.6) is 0 Å². The zero-order valence-corrected chi connectivity index (χ0v) is 25.0. The Bertz CT molecular complexity index is 307. The molecular formula is C34H70. The van der Waals surface area contributed by atoms with Crippen LogP contribution in [0.2, 0.25) is 0 Å². The molecule has 0 aliphatic carbocycles. The Morgan fingerprint density at radius 1 is 0.235 bits per heavy atom. The monoisotopic (exact) mass is 479 g/mol. The molecule has 0 aromatic carbocycles. The molecule has 0 heteroatoms. The van der Waals surface area contributed by atoms with Gasteiger partial charge in [-0.25, -0.2) is 0 Å². The van der Waals surface area contributed by atoms with Crippen LogP contribution >= 0.6 is 0 Å². The molecule has 0 spiro atoms. The number of hydrogen-bond acceptors (Lipinski definition) is 0. The van der Waals surface area contributed by atoms with Crippen LogP contribution in [0, 0.1) is 5.41 Å². The van der Waals surface area contributed by atoms with Gasteiger partial charge in [0.1, 0.15) is 0 Å². The average Bonchev–Trinajstić information content (AvgIpc) is 2.84. The Kier molecular flexibility index (Phi) is 27.6. The largest absolute Gasteiger partial charge is 0.0654 e. The van der Waals surface area contributed by atoms with Crippen molar-refractivity contribution in [3.05, 3.63) is 0 Å². The van der Waals surface area contributed by atoms with Gasteiger partial charge in [0.15, 0.2) is 0 Å². The molecule has 0 fully saturated rings. The maximum atomic E-state index is 2.45. The van der Waals surface area contributed by atoms with Crippen LogP contribution in [-0.4, -0.2) is 0 Å². The average molecular weight is 479 g/mol. The first-order valence-corrected chi connectivity index (χ1v) is 16.7. The van der Waals surface area contributed by atoms with Crippen molar-refractivity contribution in [3.63, 3.8) is 0 Å². The van der Waals surface area contributed by atoms with E-state index >= 15 is 0 Å². The summed E-state index contributed by atoms with van der Waals surface area (Å²) in [7, 11) is 0. The van der Waals surface area contributed by atoms with Crippen molar-refractivity contribution in [3.8, 4) is 0 Å². The Hall–Kier alpha value is 0. The van der Waals surface area contributed by atoms with Gasteiger partial charge in [0.2, 0.25) is 0 Å². The summed E-state index contributed by atoms with van der Waals surface area (Å²) in [6.07, 6.45) is 42.6. The molecule has 0 N–H and O–H groups in total. The molecular weight excluding hydrogens is 408 g/mol. The lowest BCUT2D eigenvalue weighted by molar-refractivity contribution is 0.176. The van der Waals surface area contributed by atoms with Gasteiger partial charge in [-0.1, -0.05) is 188 Å². The van der Waals surface area contributed by atoms with E-state index in [-0.39, 0.29) is 0 Å². The minimum Gasteiger partial charge on any atom is -0.0654 e. The van der Waals surface area contributed by atoms with Crippen LogP contribution in [0.4, 0.5) is 0 Å². The van der Waals surface area contributed by atoms with Gasteiger partial charge in [0.25, 0.3) is 0 Å². The first-order chi connectivity index (χ1) is 16.7. The fourth-order valence-electron chi connectivity index (χ4n) is 6.18. The normalized spacial score (nSPS) is 12.0. The van der Waals surface area contributed by atoms with E-state index in [1.807, 2.05) is 0 Å². The van der Waals surface area contributed by atoms with E-state index in [4.69, 9.17) is 0 Å². The molecule has 0 heterocycles. The van der Waals surface area contributed by atoms with Crippen LogP contribution in [0.1, 0.15) is 214 Å². The van der Waals surface area contributed by atoms with Crippen molar-refractivity contribution in [2.75, 3.05) is 0 Å². The predicted molar refractivity (Wildman–Crippen MR) is 159 cm³/mol. The van der Waals surface area contributed by atoms with Crippen molar-refractivity contribution in [2.45, 2.75) is 214 Å². The van der Waals surface area contributed by atoms with E-state index in [0.29, 0.717) is 5.41 Å². The van der Waals surface area contributed by atoms with Crippen LogP contribution in [0.3, 0.4) is 0 Å². The third kappa shape index (κ3) is 22.5. The number of rotatable bonds is 29. The molecule has 0 unspecified atom stereocenters. The lowest BCUT2D eigenvalue weighted by Gasteiger charge is -2.35. The summed E-state index contributed by atoms with van der Waals surface area (Å²) in [5.41, 5.74) is 0.682. The van der Waals surface area contributed by atoms with E-state index < -0.39 is 0 Å². The van der Waals surface area contributed by atoms with Gasteiger partial charge in [0.05, 0.1) is 0 Å². The van der Waals surface area contributed by atoms with Gasteiger partial charge < -0.3 is 0 Å². The van der Waals surface area contributed by atoms with Crippen molar-refractivity contribution >= 4 is 0 Å². The fourth-order valence-corrected chi connectivity index (χ4v) is 6.18. The molecule has 0 nitrogen and oxygen atoms in total. The van der Waals surface area contributed by atoms with Crippen LogP contribution in [0.15, 0.2) is 0 Å². The second kappa shape index (κ2) is 27.6. The highest BCUT2D eigenvalue weighted by Gasteiger charge is 2.27.